The summed E-state index contributed by atoms with van der Waals surface area (Å²) in [5.74, 6) is -0.705. The van der Waals surface area contributed by atoms with Gasteiger partial charge in [0.15, 0.2) is 6.61 Å². The standard InChI is InChI=1S/C26H29N3O5S/c1-26(2,3)16-8-13-22-20(14-16)24(19-6-4-5-7-21(19)29-22)25(31)34-15-23(30)28-17-9-11-18(12-10-17)35(27,32)33/h4-7,9-12,16H,8,13-15H2,1-3H3,(H,28,30)(H2,27,32,33)/t16-/m1/s1. The van der Waals surface area contributed by atoms with Crippen molar-refractivity contribution in [1.82, 2.24) is 4.98 Å². The summed E-state index contributed by atoms with van der Waals surface area (Å²) in [5, 5.41) is 8.39. The Labute approximate surface area is 204 Å². The highest BCUT2D eigenvalue weighted by Crippen LogP contribution is 2.39. The third-order valence-electron chi connectivity index (χ3n) is 6.49. The number of hydrogen-bond acceptors (Lipinski definition) is 6. The van der Waals surface area contributed by atoms with Crippen LogP contribution in [0.15, 0.2) is 53.4 Å². The molecule has 35 heavy (non-hydrogen) atoms. The van der Waals surface area contributed by atoms with Gasteiger partial charge in [0.1, 0.15) is 0 Å². The topological polar surface area (TPSA) is 128 Å². The average molecular weight is 496 g/mol. The lowest BCUT2D eigenvalue weighted by Crippen LogP contribution is -2.29. The van der Waals surface area contributed by atoms with Gasteiger partial charge in [-0.25, -0.2) is 18.4 Å². The molecular weight excluding hydrogens is 466 g/mol. The zero-order chi connectivity index (χ0) is 25.4. The van der Waals surface area contributed by atoms with Crippen LogP contribution in [0.3, 0.4) is 0 Å². The lowest BCUT2D eigenvalue weighted by Gasteiger charge is -2.35. The minimum atomic E-state index is -3.83. The van der Waals surface area contributed by atoms with Gasteiger partial charge < -0.3 is 10.1 Å². The molecule has 0 unspecified atom stereocenters. The summed E-state index contributed by atoms with van der Waals surface area (Å²) in [6.45, 7) is 6.13. The van der Waals surface area contributed by atoms with Gasteiger partial charge in [0.05, 0.1) is 16.0 Å². The Morgan fingerprint density at radius 1 is 1.11 bits per heavy atom. The van der Waals surface area contributed by atoms with E-state index in [1.807, 2.05) is 24.3 Å². The molecule has 4 rings (SSSR count). The maximum atomic E-state index is 13.3. The SMILES string of the molecule is CC(C)(C)[C@@H]1CCc2nc3ccccc3c(C(=O)OCC(=O)Nc3ccc(S(N)(=O)=O)cc3)c2C1. The second kappa shape index (κ2) is 9.39. The van der Waals surface area contributed by atoms with E-state index in [1.54, 1.807) is 0 Å². The summed E-state index contributed by atoms with van der Waals surface area (Å²) in [6.07, 6.45) is 2.52. The number of nitrogens with one attached hydrogen (secondary N) is 1. The van der Waals surface area contributed by atoms with Gasteiger partial charge in [-0.05, 0) is 66.5 Å². The van der Waals surface area contributed by atoms with Crippen LogP contribution in [0, 0.1) is 11.3 Å². The molecule has 1 heterocycles. The molecule has 0 bridgehead atoms. The highest BCUT2D eigenvalue weighted by molar-refractivity contribution is 7.89. The Kier molecular flexibility index (Phi) is 6.66. The molecule has 9 heteroatoms. The first-order valence-electron chi connectivity index (χ1n) is 11.4. The molecule has 0 fully saturated rings. The molecule has 3 aromatic rings. The van der Waals surface area contributed by atoms with Crippen LogP contribution in [0.5, 0.6) is 0 Å². The van der Waals surface area contributed by atoms with E-state index in [-0.39, 0.29) is 10.3 Å². The number of anilines is 1. The predicted octanol–water partition coefficient (Wildman–Crippen LogP) is 3.83. The molecule has 1 amide bonds. The number of benzene rings is 2. The van der Waals surface area contributed by atoms with Crippen molar-refractivity contribution in [3.8, 4) is 0 Å². The zero-order valence-electron chi connectivity index (χ0n) is 20.0. The number of ether oxygens (including phenoxy) is 1. The quantitative estimate of drug-likeness (QED) is 0.518. The first kappa shape index (κ1) is 24.8. The van der Waals surface area contributed by atoms with Crippen molar-refractivity contribution in [2.45, 2.75) is 44.9 Å². The average Bonchev–Trinajstić information content (AvgIpc) is 2.79. The number of fused-ring (bicyclic) bond motifs is 2. The van der Waals surface area contributed by atoms with Crippen LogP contribution in [-0.2, 0) is 32.4 Å². The van der Waals surface area contributed by atoms with Crippen LogP contribution in [-0.4, -0.2) is 31.9 Å². The molecule has 3 N–H and O–H groups in total. The number of para-hydroxylation sites is 1. The molecule has 0 spiro atoms. The lowest BCUT2D eigenvalue weighted by atomic mass is 9.70. The van der Waals surface area contributed by atoms with Crippen LogP contribution in [0.25, 0.3) is 10.9 Å². The number of aryl methyl sites for hydroxylation is 1. The fourth-order valence-electron chi connectivity index (χ4n) is 4.49. The number of rotatable bonds is 5. The molecule has 8 nitrogen and oxygen atoms in total. The number of pyridine rings is 1. The Bertz CT molecular complexity index is 1390. The Hall–Kier alpha value is -3.30. The van der Waals surface area contributed by atoms with E-state index in [0.29, 0.717) is 22.6 Å². The van der Waals surface area contributed by atoms with E-state index < -0.39 is 28.5 Å². The molecule has 184 valence electrons. The maximum absolute atomic E-state index is 13.3. The van der Waals surface area contributed by atoms with Gasteiger partial charge in [-0.1, -0.05) is 39.0 Å². The summed E-state index contributed by atoms with van der Waals surface area (Å²) in [4.78, 5) is 30.5. The number of nitrogens with zero attached hydrogens (tertiary/aromatic N) is 1. The number of nitrogens with two attached hydrogens (primary N) is 1. The molecular formula is C26H29N3O5S. The Balaban J connectivity index is 1.54. The van der Waals surface area contributed by atoms with Crippen LogP contribution >= 0.6 is 0 Å². The highest BCUT2D eigenvalue weighted by atomic mass is 32.2. The van der Waals surface area contributed by atoms with E-state index in [4.69, 9.17) is 14.9 Å². The summed E-state index contributed by atoms with van der Waals surface area (Å²) in [7, 11) is -3.83. The molecule has 1 atom stereocenters. The zero-order valence-corrected chi connectivity index (χ0v) is 20.8. The third kappa shape index (κ3) is 5.52. The molecule has 0 radical (unpaired) electrons. The first-order valence-corrected chi connectivity index (χ1v) is 13.0. The van der Waals surface area contributed by atoms with Crippen molar-refractivity contribution < 1.29 is 22.7 Å². The van der Waals surface area contributed by atoms with Gasteiger partial charge in [0.2, 0.25) is 10.0 Å². The van der Waals surface area contributed by atoms with Crippen LogP contribution in [0.2, 0.25) is 0 Å². The fraction of sp³-hybridized carbons (Fsp3) is 0.346. The van der Waals surface area contributed by atoms with Gasteiger partial charge in [0, 0.05) is 16.8 Å². The minimum absolute atomic E-state index is 0.0650. The van der Waals surface area contributed by atoms with E-state index in [9.17, 15) is 18.0 Å². The molecule has 2 aromatic carbocycles. The van der Waals surface area contributed by atoms with Crippen LogP contribution < -0.4 is 10.5 Å². The van der Waals surface area contributed by atoms with Crippen molar-refractivity contribution in [3.05, 3.63) is 65.4 Å². The summed E-state index contributed by atoms with van der Waals surface area (Å²) in [5.41, 5.74) is 3.47. The van der Waals surface area contributed by atoms with Crippen LogP contribution in [0.1, 0.15) is 48.8 Å². The monoisotopic (exact) mass is 495 g/mol. The van der Waals surface area contributed by atoms with Gasteiger partial charge in [-0.3, -0.25) is 9.78 Å². The molecule has 0 aliphatic heterocycles. The lowest BCUT2D eigenvalue weighted by molar-refractivity contribution is -0.119. The number of esters is 1. The van der Waals surface area contributed by atoms with E-state index >= 15 is 0 Å². The maximum Gasteiger partial charge on any atom is 0.339 e. The largest absolute Gasteiger partial charge is 0.452 e. The van der Waals surface area contributed by atoms with Crippen molar-refractivity contribution in [2.75, 3.05) is 11.9 Å². The van der Waals surface area contributed by atoms with Crippen molar-refractivity contribution in [2.24, 2.45) is 16.5 Å². The van der Waals surface area contributed by atoms with Gasteiger partial charge >= 0.3 is 5.97 Å². The number of sulfonamides is 1. The number of carbonyl (C=O) groups excluding carboxylic acids is 2. The van der Waals surface area contributed by atoms with Crippen molar-refractivity contribution in [3.63, 3.8) is 0 Å². The second-order valence-corrected chi connectivity index (χ2v) is 11.5. The van der Waals surface area contributed by atoms with E-state index in [2.05, 4.69) is 26.1 Å². The Morgan fingerprint density at radius 3 is 2.46 bits per heavy atom. The van der Waals surface area contributed by atoms with E-state index in [1.165, 1.54) is 24.3 Å². The number of carbonyl (C=O) groups is 2. The number of aromatic nitrogens is 1. The summed E-state index contributed by atoms with van der Waals surface area (Å²) >= 11 is 0. The van der Waals surface area contributed by atoms with Crippen molar-refractivity contribution >= 4 is 38.5 Å². The third-order valence-corrected chi connectivity index (χ3v) is 7.42. The Morgan fingerprint density at radius 2 is 1.80 bits per heavy atom. The number of hydrogen-bond donors (Lipinski definition) is 2. The minimum Gasteiger partial charge on any atom is -0.452 e. The number of primary sulfonamides is 1. The van der Waals surface area contributed by atoms with Crippen LogP contribution in [0.4, 0.5) is 5.69 Å². The molecule has 0 saturated carbocycles. The molecule has 1 aromatic heterocycles. The fourth-order valence-corrected chi connectivity index (χ4v) is 5.00. The number of amides is 1. The van der Waals surface area contributed by atoms with E-state index in [0.717, 1.165) is 36.0 Å². The van der Waals surface area contributed by atoms with Gasteiger partial charge in [0.25, 0.3) is 5.91 Å². The molecule has 1 aliphatic rings. The highest BCUT2D eigenvalue weighted by Gasteiger charge is 2.33. The molecule has 0 saturated heterocycles. The second-order valence-electron chi connectivity index (χ2n) is 9.93. The van der Waals surface area contributed by atoms with Crippen molar-refractivity contribution in [1.29, 1.82) is 0 Å². The normalized spacial score (nSPS) is 15.9. The van der Waals surface area contributed by atoms with Gasteiger partial charge in [-0.15, -0.1) is 0 Å². The predicted molar refractivity (Wildman–Crippen MR) is 133 cm³/mol. The summed E-state index contributed by atoms with van der Waals surface area (Å²) in [6, 6.07) is 12.9. The molecule has 1 aliphatic carbocycles. The first-order chi connectivity index (χ1) is 16.4. The van der Waals surface area contributed by atoms with Gasteiger partial charge in [-0.2, -0.15) is 0 Å². The summed E-state index contributed by atoms with van der Waals surface area (Å²) < 4.78 is 28.2. The smallest absolute Gasteiger partial charge is 0.339 e.